The molecule has 1 aromatic heterocycles. The smallest absolute Gasteiger partial charge is 0.311 e. The molecule has 0 bridgehead atoms. The quantitative estimate of drug-likeness (QED) is 0.928. The lowest BCUT2D eigenvalue weighted by Crippen LogP contribution is -2.40. The zero-order valence-electron chi connectivity index (χ0n) is 13.0. The number of aryl methyl sites for hydroxylation is 1. The normalized spacial score (nSPS) is 22.4. The lowest BCUT2D eigenvalue weighted by Gasteiger charge is -2.29. The Hall–Kier alpha value is -1.78. The number of carboxylic acids is 1. The number of carbonyl (C=O) groups is 2. The van der Waals surface area contributed by atoms with Crippen molar-refractivity contribution in [3.63, 3.8) is 0 Å². The van der Waals surface area contributed by atoms with Gasteiger partial charge in [-0.3, -0.25) is 9.59 Å². The summed E-state index contributed by atoms with van der Waals surface area (Å²) in [5.41, 5.74) is 1.20. The first kappa shape index (κ1) is 15.1. The molecule has 0 spiro atoms. The molecular weight excluding hydrogens is 282 g/mol. The Bertz CT molecular complexity index is 571. The maximum Gasteiger partial charge on any atom is 0.311 e. The molecule has 0 radical (unpaired) electrons. The van der Waals surface area contributed by atoms with E-state index in [0.29, 0.717) is 17.5 Å². The van der Waals surface area contributed by atoms with E-state index in [1.807, 2.05) is 11.8 Å². The van der Waals surface area contributed by atoms with E-state index in [-0.39, 0.29) is 18.1 Å². The summed E-state index contributed by atoms with van der Waals surface area (Å²) in [6, 6.07) is 0.321. The number of likely N-dealkylation sites (tertiary alicyclic amines) is 1. The van der Waals surface area contributed by atoms with Gasteiger partial charge in [0, 0.05) is 18.2 Å². The third kappa shape index (κ3) is 2.76. The number of carbonyl (C=O) groups excluding carboxylic acids is 1. The number of hydrogen-bond donors (Lipinski definition) is 1. The number of carboxylic acid groups (broad SMARTS) is 1. The van der Waals surface area contributed by atoms with E-state index >= 15 is 0 Å². The summed E-state index contributed by atoms with van der Waals surface area (Å²) in [4.78, 5) is 25.9. The molecule has 3 rings (SSSR count). The summed E-state index contributed by atoms with van der Waals surface area (Å²) in [6.07, 6.45) is 8.31. The van der Waals surface area contributed by atoms with E-state index in [2.05, 4.69) is 0 Å². The Labute approximate surface area is 130 Å². The molecule has 1 aliphatic carbocycles. The topological polar surface area (TPSA) is 70.7 Å². The van der Waals surface area contributed by atoms with Crippen LogP contribution in [0.15, 0.2) is 10.7 Å². The van der Waals surface area contributed by atoms with Crippen molar-refractivity contribution in [2.75, 3.05) is 6.54 Å². The van der Waals surface area contributed by atoms with E-state index in [0.717, 1.165) is 24.9 Å². The van der Waals surface area contributed by atoms with Gasteiger partial charge in [-0.15, -0.1) is 0 Å². The van der Waals surface area contributed by atoms with E-state index in [4.69, 9.17) is 9.52 Å². The van der Waals surface area contributed by atoms with Gasteiger partial charge >= 0.3 is 5.97 Å². The maximum atomic E-state index is 13.0. The highest BCUT2D eigenvalue weighted by molar-refractivity contribution is 5.97. The van der Waals surface area contributed by atoms with Crippen molar-refractivity contribution < 1.29 is 19.1 Å². The minimum Gasteiger partial charge on any atom is -0.481 e. The fraction of sp³-hybridized carbons (Fsp3) is 0.647. The first-order chi connectivity index (χ1) is 10.6. The predicted octanol–water partition coefficient (Wildman–Crippen LogP) is 3.01. The zero-order chi connectivity index (χ0) is 15.7. The van der Waals surface area contributed by atoms with Crippen molar-refractivity contribution in [2.24, 2.45) is 5.92 Å². The largest absolute Gasteiger partial charge is 0.481 e. The Morgan fingerprint density at radius 2 is 2.00 bits per heavy atom. The Balaban J connectivity index is 1.83. The molecule has 1 aromatic rings. The van der Waals surface area contributed by atoms with Gasteiger partial charge in [-0.1, -0.05) is 12.8 Å². The lowest BCUT2D eigenvalue weighted by molar-refractivity contribution is -0.136. The summed E-state index contributed by atoms with van der Waals surface area (Å²) in [5, 5.41) is 8.99. The van der Waals surface area contributed by atoms with Crippen molar-refractivity contribution in [2.45, 2.75) is 57.9 Å². The van der Waals surface area contributed by atoms with Crippen molar-refractivity contribution >= 4 is 11.9 Å². The summed E-state index contributed by atoms with van der Waals surface area (Å²) < 4.78 is 5.32. The molecule has 1 saturated heterocycles. The molecule has 5 heteroatoms. The molecule has 2 fully saturated rings. The minimum atomic E-state index is -0.975. The number of rotatable bonds is 4. The van der Waals surface area contributed by atoms with Crippen LogP contribution in [0.3, 0.4) is 0 Å². The van der Waals surface area contributed by atoms with E-state index in [1.54, 1.807) is 0 Å². The molecule has 1 unspecified atom stereocenters. The minimum absolute atomic E-state index is 0.0445. The molecule has 1 amide bonds. The maximum absolute atomic E-state index is 13.0. The molecule has 2 aliphatic rings. The van der Waals surface area contributed by atoms with Crippen LogP contribution in [-0.2, 0) is 11.2 Å². The van der Waals surface area contributed by atoms with Crippen LogP contribution in [-0.4, -0.2) is 34.5 Å². The molecule has 1 saturated carbocycles. The van der Waals surface area contributed by atoms with Gasteiger partial charge in [-0.05, 0) is 38.5 Å². The Kier molecular flexibility index (Phi) is 4.23. The van der Waals surface area contributed by atoms with E-state index in [1.165, 1.54) is 31.9 Å². The predicted molar refractivity (Wildman–Crippen MR) is 80.8 cm³/mol. The van der Waals surface area contributed by atoms with Crippen LogP contribution >= 0.6 is 0 Å². The second-order valence-corrected chi connectivity index (χ2v) is 6.54. The van der Waals surface area contributed by atoms with Crippen molar-refractivity contribution in [1.29, 1.82) is 0 Å². The van der Waals surface area contributed by atoms with E-state index in [9.17, 15) is 9.59 Å². The summed E-state index contributed by atoms with van der Waals surface area (Å²) >= 11 is 0. The average molecular weight is 305 g/mol. The molecule has 1 N–H and O–H groups in total. The van der Waals surface area contributed by atoms with Crippen LogP contribution in [0.1, 0.15) is 60.2 Å². The standard InChI is InChI=1S/C17H23NO4/c1-11-10-22-14(9-15(19)20)16(11)17(21)18-8-4-7-13(18)12-5-2-3-6-12/h10,12-13H,2-9H2,1H3,(H,19,20). The van der Waals surface area contributed by atoms with Crippen molar-refractivity contribution in [1.82, 2.24) is 4.90 Å². The second kappa shape index (κ2) is 6.15. The van der Waals surface area contributed by atoms with Crippen LogP contribution in [0.5, 0.6) is 0 Å². The highest BCUT2D eigenvalue weighted by Gasteiger charge is 2.37. The average Bonchev–Trinajstić information content (AvgIpc) is 3.17. The number of aliphatic carboxylic acids is 1. The van der Waals surface area contributed by atoms with Gasteiger partial charge in [-0.25, -0.2) is 0 Å². The highest BCUT2D eigenvalue weighted by atomic mass is 16.4. The molecule has 1 atom stereocenters. The fourth-order valence-corrected chi connectivity index (χ4v) is 4.07. The molecule has 5 nitrogen and oxygen atoms in total. The van der Waals surface area contributed by atoms with Gasteiger partial charge < -0.3 is 14.4 Å². The molecule has 120 valence electrons. The van der Waals surface area contributed by atoms with Gasteiger partial charge in [-0.2, -0.15) is 0 Å². The summed E-state index contributed by atoms with van der Waals surface area (Å²) in [6.45, 7) is 2.58. The second-order valence-electron chi connectivity index (χ2n) is 6.54. The lowest BCUT2D eigenvalue weighted by atomic mass is 9.95. The van der Waals surface area contributed by atoms with Gasteiger partial charge in [0.05, 0.1) is 11.8 Å². The van der Waals surface area contributed by atoms with Gasteiger partial charge in [0.1, 0.15) is 12.2 Å². The van der Waals surface area contributed by atoms with Crippen LogP contribution in [0.25, 0.3) is 0 Å². The number of nitrogens with zero attached hydrogens (tertiary/aromatic N) is 1. The monoisotopic (exact) mass is 305 g/mol. The Morgan fingerprint density at radius 1 is 1.27 bits per heavy atom. The molecule has 22 heavy (non-hydrogen) atoms. The third-order valence-electron chi connectivity index (χ3n) is 5.08. The van der Waals surface area contributed by atoms with Gasteiger partial charge in [0.2, 0.25) is 0 Å². The molecule has 2 heterocycles. The number of furan rings is 1. The summed E-state index contributed by atoms with van der Waals surface area (Å²) in [5.74, 6) is -0.122. The van der Waals surface area contributed by atoms with Crippen molar-refractivity contribution in [3.8, 4) is 0 Å². The third-order valence-corrected chi connectivity index (χ3v) is 5.08. The zero-order valence-corrected chi connectivity index (χ0v) is 13.0. The van der Waals surface area contributed by atoms with Crippen molar-refractivity contribution in [3.05, 3.63) is 23.2 Å². The number of amides is 1. The van der Waals surface area contributed by atoms with Gasteiger partial charge in [0.15, 0.2) is 0 Å². The highest BCUT2D eigenvalue weighted by Crippen LogP contribution is 2.36. The molecule has 1 aliphatic heterocycles. The van der Waals surface area contributed by atoms with Gasteiger partial charge in [0.25, 0.3) is 5.91 Å². The fourth-order valence-electron chi connectivity index (χ4n) is 4.07. The molecular formula is C17H23NO4. The van der Waals surface area contributed by atoms with Crippen LogP contribution in [0.2, 0.25) is 0 Å². The van der Waals surface area contributed by atoms with Crippen LogP contribution < -0.4 is 0 Å². The van der Waals surface area contributed by atoms with E-state index < -0.39 is 5.97 Å². The molecule has 0 aromatic carbocycles. The first-order valence-electron chi connectivity index (χ1n) is 8.17. The Morgan fingerprint density at radius 3 is 2.68 bits per heavy atom. The SMILES string of the molecule is Cc1coc(CC(=O)O)c1C(=O)N1CCCC1C1CCCC1. The van der Waals surface area contributed by atoms with Crippen LogP contribution in [0, 0.1) is 12.8 Å². The first-order valence-corrected chi connectivity index (χ1v) is 8.17. The number of hydrogen-bond acceptors (Lipinski definition) is 3. The summed E-state index contributed by atoms with van der Waals surface area (Å²) in [7, 11) is 0. The van der Waals surface area contributed by atoms with Crippen LogP contribution in [0.4, 0.5) is 0 Å².